The highest BCUT2D eigenvalue weighted by molar-refractivity contribution is 5.96. The molecule has 6 rings (SSSR count). The molecule has 1 aliphatic carbocycles. The number of carbonyl (C=O) groups excluding carboxylic acids is 2. The first-order valence-electron chi connectivity index (χ1n) is 14.6. The number of halogens is 2. The molecule has 11 heteroatoms. The van der Waals surface area contributed by atoms with Gasteiger partial charge in [0, 0.05) is 62.0 Å². The Hall–Kier alpha value is -4.28. The molecule has 2 aliphatic heterocycles. The lowest BCUT2D eigenvalue weighted by molar-refractivity contribution is -0.0220. The monoisotopic (exact) mass is 575 g/mol. The number of primary amides is 1. The summed E-state index contributed by atoms with van der Waals surface area (Å²) in [6.07, 6.45) is 5.36. The second-order valence-electron chi connectivity index (χ2n) is 11.5. The molecule has 3 aromatic rings. The van der Waals surface area contributed by atoms with E-state index in [-0.39, 0.29) is 36.3 Å². The third-order valence-electron chi connectivity index (χ3n) is 8.29. The molecule has 1 atom stereocenters. The number of hydrogen-bond acceptors (Lipinski definition) is 7. The van der Waals surface area contributed by atoms with Crippen LogP contribution in [0.25, 0.3) is 0 Å². The molecular weight excluding hydrogens is 540 g/mol. The minimum absolute atomic E-state index is 0.0117. The highest BCUT2D eigenvalue weighted by Gasteiger charge is 2.34. The minimum atomic E-state index is -2.60. The van der Waals surface area contributed by atoms with Crippen LogP contribution in [0.2, 0.25) is 0 Å². The van der Waals surface area contributed by atoms with Crippen molar-refractivity contribution >= 4 is 34.8 Å². The van der Waals surface area contributed by atoms with E-state index in [0.29, 0.717) is 42.6 Å². The molecule has 3 heterocycles. The predicted molar refractivity (Wildman–Crippen MR) is 158 cm³/mol. The summed E-state index contributed by atoms with van der Waals surface area (Å²) in [5.41, 5.74) is 9.06. The van der Waals surface area contributed by atoms with Gasteiger partial charge in [0.15, 0.2) is 11.5 Å². The number of anilines is 4. The molecule has 2 aromatic carbocycles. The minimum Gasteiger partial charge on any atom is -0.371 e. The summed E-state index contributed by atoms with van der Waals surface area (Å²) in [7, 11) is 0. The highest BCUT2D eigenvalue weighted by Crippen LogP contribution is 2.40. The van der Waals surface area contributed by atoms with E-state index in [4.69, 9.17) is 10.7 Å². The van der Waals surface area contributed by atoms with E-state index in [9.17, 15) is 18.4 Å². The van der Waals surface area contributed by atoms with E-state index >= 15 is 0 Å². The number of nitrogens with zero attached hydrogens (tertiary/aromatic N) is 4. The molecule has 1 saturated carbocycles. The van der Waals surface area contributed by atoms with Gasteiger partial charge >= 0.3 is 0 Å². The van der Waals surface area contributed by atoms with Gasteiger partial charge in [-0.25, -0.2) is 18.7 Å². The summed E-state index contributed by atoms with van der Waals surface area (Å²) in [5.74, 6) is -1.96. The number of aromatic nitrogens is 2. The molecule has 9 nitrogen and oxygen atoms in total. The molecule has 1 aromatic heterocycles. The van der Waals surface area contributed by atoms with Crippen LogP contribution in [0.4, 0.5) is 31.8 Å². The Bertz CT molecular complexity index is 1430. The molecule has 0 radical (unpaired) electrons. The van der Waals surface area contributed by atoms with Crippen molar-refractivity contribution in [2.75, 3.05) is 41.3 Å². The van der Waals surface area contributed by atoms with Crippen LogP contribution in [0.1, 0.15) is 70.9 Å². The van der Waals surface area contributed by atoms with Gasteiger partial charge in [-0.1, -0.05) is 12.1 Å². The molecule has 3 aliphatic rings. The van der Waals surface area contributed by atoms with Crippen molar-refractivity contribution in [1.29, 1.82) is 0 Å². The Kier molecular flexibility index (Phi) is 7.66. The van der Waals surface area contributed by atoms with E-state index in [0.717, 1.165) is 25.1 Å². The van der Waals surface area contributed by atoms with Crippen molar-refractivity contribution in [1.82, 2.24) is 15.3 Å². The van der Waals surface area contributed by atoms with Gasteiger partial charge < -0.3 is 26.2 Å². The van der Waals surface area contributed by atoms with Crippen molar-refractivity contribution in [2.24, 2.45) is 5.73 Å². The Labute approximate surface area is 243 Å². The molecule has 0 unspecified atom stereocenters. The second-order valence-corrected chi connectivity index (χ2v) is 11.5. The number of alkyl halides is 2. The van der Waals surface area contributed by atoms with Gasteiger partial charge in [-0.05, 0) is 73.6 Å². The Morgan fingerprint density at radius 3 is 2.31 bits per heavy atom. The zero-order valence-electron chi connectivity index (χ0n) is 23.4. The van der Waals surface area contributed by atoms with Gasteiger partial charge in [-0.3, -0.25) is 9.59 Å². The first-order valence-corrected chi connectivity index (χ1v) is 14.6. The Balaban J connectivity index is 1.12. The predicted octanol–water partition coefficient (Wildman–Crippen LogP) is 4.83. The summed E-state index contributed by atoms with van der Waals surface area (Å²) in [6.45, 7) is 1.88. The molecule has 3 fully saturated rings. The van der Waals surface area contributed by atoms with E-state index in [1.165, 1.54) is 24.6 Å². The number of rotatable bonds is 8. The van der Waals surface area contributed by atoms with Crippen molar-refractivity contribution < 1.29 is 18.4 Å². The Morgan fingerprint density at radius 2 is 1.64 bits per heavy atom. The van der Waals surface area contributed by atoms with Crippen LogP contribution in [-0.4, -0.2) is 59.9 Å². The lowest BCUT2D eigenvalue weighted by atomic mass is 10.0. The summed E-state index contributed by atoms with van der Waals surface area (Å²) >= 11 is 0. The molecule has 0 bridgehead atoms. The fraction of sp³-hybridized carbons (Fsp3) is 0.419. The van der Waals surface area contributed by atoms with Gasteiger partial charge in [0.05, 0.1) is 6.20 Å². The van der Waals surface area contributed by atoms with Crippen LogP contribution in [-0.2, 0) is 0 Å². The van der Waals surface area contributed by atoms with Crippen LogP contribution < -0.4 is 26.2 Å². The lowest BCUT2D eigenvalue weighted by Gasteiger charge is -2.34. The fourth-order valence-corrected chi connectivity index (χ4v) is 5.68. The van der Waals surface area contributed by atoms with Crippen molar-refractivity contribution in [2.45, 2.75) is 56.4 Å². The maximum absolute atomic E-state index is 13.5. The van der Waals surface area contributed by atoms with Crippen LogP contribution in [0.3, 0.4) is 0 Å². The Morgan fingerprint density at radius 1 is 0.929 bits per heavy atom. The maximum Gasteiger partial charge on any atom is 0.271 e. The number of nitrogens with two attached hydrogens (primary N) is 1. The molecule has 2 saturated heterocycles. The van der Waals surface area contributed by atoms with Crippen molar-refractivity contribution in [3.8, 4) is 0 Å². The fourth-order valence-electron chi connectivity index (χ4n) is 5.68. The van der Waals surface area contributed by atoms with E-state index in [2.05, 4.69) is 15.6 Å². The van der Waals surface area contributed by atoms with Gasteiger partial charge in [0.1, 0.15) is 5.82 Å². The molecule has 4 N–H and O–H groups in total. The summed E-state index contributed by atoms with van der Waals surface area (Å²) in [6, 6.07) is 15.1. The average molecular weight is 576 g/mol. The van der Waals surface area contributed by atoms with Gasteiger partial charge in [0.25, 0.3) is 17.7 Å². The molecule has 2 amide bonds. The summed E-state index contributed by atoms with van der Waals surface area (Å²) in [4.78, 5) is 38.0. The topological polar surface area (TPSA) is 116 Å². The lowest BCUT2D eigenvalue weighted by Crippen LogP contribution is -2.48. The number of benzene rings is 2. The van der Waals surface area contributed by atoms with Crippen LogP contribution in [0.15, 0.2) is 54.7 Å². The van der Waals surface area contributed by atoms with Crippen molar-refractivity contribution in [3.05, 3.63) is 71.5 Å². The average Bonchev–Trinajstić information content (AvgIpc) is 3.84. The zero-order valence-corrected chi connectivity index (χ0v) is 23.4. The third-order valence-corrected chi connectivity index (χ3v) is 8.29. The van der Waals surface area contributed by atoms with E-state index < -0.39 is 11.8 Å². The number of hydrogen-bond donors (Lipinski definition) is 3. The zero-order chi connectivity index (χ0) is 29.3. The number of amides is 2. The van der Waals surface area contributed by atoms with Crippen LogP contribution in [0.5, 0.6) is 0 Å². The number of piperidine rings is 2. The van der Waals surface area contributed by atoms with Crippen LogP contribution in [0, 0.1) is 0 Å². The normalized spacial score (nSPS) is 20.2. The smallest absolute Gasteiger partial charge is 0.271 e. The third kappa shape index (κ3) is 6.45. The van der Waals surface area contributed by atoms with Gasteiger partial charge in [0.2, 0.25) is 0 Å². The first-order chi connectivity index (χ1) is 20.2. The standard InChI is InChI=1S/C31H35F2N7O2/c32-31(33)13-16-39(17-14-31)25-11-9-23(10-12-25)36-29-27(28(34)41)35-18-26(38-29)40-15-1-2-24(19-40)37-30(42)22-7-5-21(6-8-22)20-3-4-20/h5-12,18,20,24H,1-4,13-17,19H2,(H2,34,41)(H,36,38)(H,37,42)/t24-/m1/s1. The molecule has 42 heavy (non-hydrogen) atoms. The second kappa shape index (κ2) is 11.5. The quantitative estimate of drug-likeness (QED) is 0.352. The van der Waals surface area contributed by atoms with Gasteiger partial charge in [-0.15, -0.1) is 0 Å². The van der Waals surface area contributed by atoms with Crippen molar-refractivity contribution in [3.63, 3.8) is 0 Å². The summed E-state index contributed by atoms with van der Waals surface area (Å²) in [5, 5.41) is 6.30. The van der Waals surface area contributed by atoms with E-state index in [1.54, 1.807) is 0 Å². The largest absolute Gasteiger partial charge is 0.371 e. The number of nitrogens with one attached hydrogen (secondary N) is 2. The first kappa shape index (κ1) is 27.9. The molecular formula is C31H35F2N7O2. The van der Waals surface area contributed by atoms with E-state index in [1.807, 2.05) is 58.3 Å². The SMILES string of the molecule is NC(=O)c1ncc(N2CCC[C@@H](NC(=O)c3ccc(C4CC4)cc3)C2)nc1Nc1ccc(N2CCC(F)(F)CC2)cc1. The van der Waals surface area contributed by atoms with Crippen LogP contribution >= 0.6 is 0 Å². The number of carbonyl (C=O) groups is 2. The highest BCUT2D eigenvalue weighted by atomic mass is 19.3. The molecule has 0 spiro atoms. The molecule has 220 valence electrons. The summed E-state index contributed by atoms with van der Waals surface area (Å²) < 4.78 is 27.1. The van der Waals surface area contributed by atoms with Gasteiger partial charge in [-0.2, -0.15) is 0 Å². The maximum atomic E-state index is 13.5.